The third-order valence-corrected chi connectivity index (χ3v) is 3.49. The maximum Gasteiger partial charge on any atom is 0.244 e. The molecule has 0 unspecified atom stereocenters. The number of hydrogen-bond donors (Lipinski definition) is 1. The van der Waals surface area contributed by atoms with E-state index in [1.165, 1.54) is 6.08 Å². The van der Waals surface area contributed by atoms with Gasteiger partial charge in [-0.2, -0.15) is 0 Å². The van der Waals surface area contributed by atoms with Crippen LogP contribution >= 0.6 is 22.6 Å². The third kappa shape index (κ3) is 4.52. The topological polar surface area (TPSA) is 60.7 Å². The molecular formula is C16H16INO4. The van der Waals surface area contributed by atoms with E-state index in [4.69, 9.17) is 13.9 Å². The van der Waals surface area contributed by atoms with Crippen LogP contribution in [0.25, 0.3) is 6.08 Å². The van der Waals surface area contributed by atoms with Gasteiger partial charge >= 0.3 is 0 Å². The predicted molar refractivity (Wildman–Crippen MR) is 91.9 cm³/mol. The molecule has 1 heterocycles. The predicted octanol–water partition coefficient (Wildman–Crippen LogP) is 3.23. The number of methoxy groups -OCH3 is 2. The van der Waals surface area contributed by atoms with Crippen LogP contribution in [0.2, 0.25) is 0 Å². The lowest BCUT2D eigenvalue weighted by molar-refractivity contribution is -0.116. The van der Waals surface area contributed by atoms with Crippen LogP contribution in [0.3, 0.4) is 0 Å². The molecule has 0 aliphatic carbocycles. The molecule has 2 aromatic rings. The average Bonchev–Trinajstić information content (AvgIpc) is 2.96. The number of rotatable bonds is 6. The van der Waals surface area contributed by atoms with E-state index in [0.717, 1.165) is 9.33 Å². The van der Waals surface area contributed by atoms with Crippen LogP contribution in [-0.4, -0.2) is 20.1 Å². The van der Waals surface area contributed by atoms with Crippen LogP contribution < -0.4 is 14.8 Å². The first-order valence-electron chi connectivity index (χ1n) is 6.54. The highest BCUT2D eigenvalue weighted by Crippen LogP contribution is 2.27. The molecule has 0 saturated heterocycles. The van der Waals surface area contributed by atoms with Crippen molar-refractivity contribution in [1.29, 1.82) is 0 Å². The number of amides is 1. The summed E-state index contributed by atoms with van der Waals surface area (Å²) >= 11 is 2.07. The Balaban J connectivity index is 1.92. The lowest BCUT2D eigenvalue weighted by Crippen LogP contribution is -2.20. The summed E-state index contributed by atoms with van der Waals surface area (Å²) in [6, 6.07) is 9.15. The third-order valence-electron chi connectivity index (χ3n) is 2.91. The van der Waals surface area contributed by atoms with Crippen molar-refractivity contribution in [2.75, 3.05) is 14.2 Å². The number of halogens is 1. The molecule has 1 aromatic carbocycles. The summed E-state index contributed by atoms with van der Waals surface area (Å²) in [6.45, 7) is 0.402. The van der Waals surface area contributed by atoms with Crippen molar-refractivity contribution in [3.63, 3.8) is 0 Å². The molecule has 0 aliphatic heterocycles. The van der Waals surface area contributed by atoms with E-state index in [9.17, 15) is 4.79 Å². The average molecular weight is 413 g/mol. The van der Waals surface area contributed by atoms with Gasteiger partial charge in [-0.15, -0.1) is 0 Å². The van der Waals surface area contributed by atoms with Crippen LogP contribution in [0.5, 0.6) is 11.5 Å². The molecule has 0 radical (unpaired) electrons. The highest BCUT2D eigenvalue weighted by Gasteiger charge is 2.05. The number of ether oxygens (including phenoxy) is 2. The first-order valence-corrected chi connectivity index (χ1v) is 7.62. The quantitative estimate of drug-likeness (QED) is 0.584. The van der Waals surface area contributed by atoms with Crippen LogP contribution in [0.15, 0.2) is 40.8 Å². The van der Waals surface area contributed by atoms with Gasteiger partial charge in [-0.1, -0.05) is 6.07 Å². The zero-order valence-corrected chi connectivity index (χ0v) is 14.4. The van der Waals surface area contributed by atoms with Crippen molar-refractivity contribution in [2.45, 2.75) is 6.54 Å². The maximum absolute atomic E-state index is 11.8. The van der Waals surface area contributed by atoms with Crippen LogP contribution in [0.1, 0.15) is 11.3 Å². The fourth-order valence-electron chi connectivity index (χ4n) is 1.81. The van der Waals surface area contributed by atoms with Crippen molar-refractivity contribution in [2.24, 2.45) is 0 Å². The molecule has 0 fully saturated rings. The number of nitrogens with one attached hydrogen (secondary N) is 1. The van der Waals surface area contributed by atoms with Gasteiger partial charge in [0.25, 0.3) is 0 Å². The Kier molecular flexibility index (Phi) is 5.88. The lowest BCUT2D eigenvalue weighted by Gasteiger charge is -2.09. The van der Waals surface area contributed by atoms with E-state index in [-0.39, 0.29) is 5.91 Å². The fourth-order valence-corrected chi connectivity index (χ4v) is 2.25. The van der Waals surface area contributed by atoms with Gasteiger partial charge in [0, 0.05) is 12.6 Å². The number of carbonyl (C=O) groups excluding carboxylic acids is 1. The minimum atomic E-state index is -0.193. The SMILES string of the molecule is COc1ccc(CNC(=O)/C=C/c2ccc(I)o2)cc1OC. The van der Waals surface area contributed by atoms with Gasteiger partial charge in [0.15, 0.2) is 15.3 Å². The first kappa shape index (κ1) is 16.4. The maximum atomic E-state index is 11.8. The minimum absolute atomic E-state index is 0.193. The highest BCUT2D eigenvalue weighted by atomic mass is 127. The van der Waals surface area contributed by atoms with Gasteiger partial charge in [0.1, 0.15) is 5.76 Å². The van der Waals surface area contributed by atoms with Gasteiger partial charge in [-0.3, -0.25) is 4.79 Å². The normalized spacial score (nSPS) is 10.7. The molecule has 0 spiro atoms. The van der Waals surface area contributed by atoms with Gasteiger partial charge in [0.2, 0.25) is 5.91 Å². The molecule has 0 atom stereocenters. The van der Waals surface area contributed by atoms with Crippen molar-refractivity contribution in [3.8, 4) is 11.5 Å². The molecule has 1 N–H and O–H groups in total. The Morgan fingerprint density at radius 2 is 2.00 bits per heavy atom. The molecule has 22 heavy (non-hydrogen) atoms. The molecule has 6 heteroatoms. The molecule has 116 valence electrons. The largest absolute Gasteiger partial charge is 0.493 e. The second-order valence-electron chi connectivity index (χ2n) is 4.38. The molecule has 2 rings (SSSR count). The van der Waals surface area contributed by atoms with Crippen LogP contribution in [0.4, 0.5) is 0 Å². The number of hydrogen-bond acceptors (Lipinski definition) is 4. The summed E-state index contributed by atoms with van der Waals surface area (Å²) in [5.74, 6) is 1.74. The smallest absolute Gasteiger partial charge is 0.244 e. The monoisotopic (exact) mass is 413 g/mol. The van der Waals surface area contributed by atoms with E-state index in [2.05, 4.69) is 27.9 Å². The van der Waals surface area contributed by atoms with E-state index < -0.39 is 0 Å². The molecule has 0 aliphatic rings. The summed E-state index contributed by atoms with van der Waals surface area (Å²) in [5.41, 5.74) is 0.923. The standard InChI is InChI=1S/C16H16INO4/c1-20-13-6-3-11(9-14(13)21-2)10-18-16(19)8-5-12-4-7-15(17)22-12/h3-9H,10H2,1-2H3,(H,18,19)/b8-5+. The zero-order chi connectivity index (χ0) is 15.9. The number of furan rings is 1. The minimum Gasteiger partial charge on any atom is -0.493 e. The van der Waals surface area contributed by atoms with E-state index in [1.807, 2.05) is 18.2 Å². The second kappa shape index (κ2) is 7.88. The van der Waals surface area contributed by atoms with Crippen LogP contribution in [-0.2, 0) is 11.3 Å². The first-order chi connectivity index (χ1) is 10.6. The van der Waals surface area contributed by atoms with E-state index >= 15 is 0 Å². The Bertz CT molecular complexity index is 679. The molecule has 0 bridgehead atoms. The lowest BCUT2D eigenvalue weighted by atomic mass is 10.2. The van der Waals surface area contributed by atoms with Crippen molar-refractivity contribution >= 4 is 34.6 Å². The zero-order valence-electron chi connectivity index (χ0n) is 12.3. The van der Waals surface area contributed by atoms with Gasteiger partial charge < -0.3 is 19.2 Å². The summed E-state index contributed by atoms with van der Waals surface area (Å²) < 4.78 is 16.5. The summed E-state index contributed by atoms with van der Waals surface area (Å²) in [7, 11) is 3.16. The summed E-state index contributed by atoms with van der Waals surface area (Å²) in [5, 5.41) is 2.80. The van der Waals surface area contributed by atoms with Crippen LogP contribution in [0, 0.1) is 3.77 Å². The fraction of sp³-hybridized carbons (Fsp3) is 0.188. The molecule has 1 amide bonds. The van der Waals surface area contributed by atoms with Crippen molar-refractivity contribution in [1.82, 2.24) is 5.32 Å². The van der Waals surface area contributed by atoms with E-state index in [1.54, 1.807) is 32.4 Å². The molecule has 5 nitrogen and oxygen atoms in total. The van der Waals surface area contributed by atoms with Gasteiger partial charge in [-0.25, -0.2) is 0 Å². The van der Waals surface area contributed by atoms with E-state index in [0.29, 0.717) is 23.8 Å². The Morgan fingerprint density at radius 1 is 1.23 bits per heavy atom. The Labute approximate surface area is 142 Å². The Morgan fingerprint density at radius 3 is 2.64 bits per heavy atom. The summed E-state index contributed by atoms with van der Waals surface area (Å²) in [4.78, 5) is 11.8. The molecule has 1 aromatic heterocycles. The van der Waals surface area contributed by atoms with Gasteiger partial charge in [-0.05, 0) is 58.5 Å². The number of carbonyl (C=O) groups is 1. The van der Waals surface area contributed by atoms with Gasteiger partial charge in [0.05, 0.1) is 14.2 Å². The Hall–Kier alpha value is -1.96. The van der Waals surface area contributed by atoms with Crippen molar-refractivity contribution in [3.05, 3.63) is 51.5 Å². The second-order valence-corrected chi connectivity index (χ2v) is 5.45. The highest BCUT2D eigenvalue weighted by molar-refractivity contribution is 14.1. The van der Waals surface area contributed by atoms with Crippen molar-refractivity contribution < 1.29 is 18.7 Å². The molecule has 0 saturated carbocycles. The molecular weight excluding hydrogens is 397 g/mol. The number of benzene rings is 1. The summed E-state index contributed by atoms with van der Waals surface area (Å²) in [6.07, 6.45) is 3.07.